The van der Waals surface area contributed by atoms with Crippen molar-refractivity contribution in [2.75, 3.05) is 19.6 Å². The molecule has 8 atom stereocenters. The number of hydrogen-bond donors (Lipinski definition) is 3. The van der Waals surface area contributed by atoms with Crippen LogP contribution in [0.1, 0.15) is 76.0 Å². The van der Waals surface area contributed by atoms with E-state index < -0.39 is 108 Å². The third-order valence-corrected chi connectivity index (χ3v) is 11.6. The number of fused-ring (bicyclic) bond motifs is 3. The number of ether oxygens (including phenoxy) is 1. The number of hydrogen-bond acceptors (Lipinski definition) is 8. The van der Waals surface area contributed by atoms with Crippen molar-refractivity contribution in [1.29, 1.82) is 0 Å². The molecule has 0 radical (unpaired) electrons. The molecule has 14 nitrogen and oxygen atoms in total. The topological polar surface area (TPSA) is 175 Å². The maximum atomic E-state index is 14.7. The highest BCUT2D eigenvalue weighted by Crippen LogP contribution is 2.29. The average molecular weight is 825 g/mol. The van der Waals surface area contributed by atoms with E-state index in [1.807, 2.05) is 6.92 Å². The number of amides is 6. The standard InChI is InChI=1S/C42H51F3N6O8/c1-22-14-34-42(58)59-25(4)36(48-37(53)31(18-27-16-28(43)20-29(44)17-27)47-35(52)19-26-10-11-30(45)23(2)15-26)41(57)50-13-7-9-33(50)40(56)49-12-6-5-8-32(49)38(54)46-24(3)39(55)51(34)21-22/h10-11,15-17,20,22,24-25,31-34,36H,5-9,12-14,18-19,21H2,1-4H3,(H,46,54)(H,47,52)(H,48,53)/t22-,24+,25+,31+,32+,33+,34+,36+/m1/s1. The van der Waals surface area contributed by atoms with Crippen molar-refractivity contribution in [2.24, 2.45) is 5.92 Å². The maximum absolute atomic E-state index is 14.7. The minimum Gasteiger partial charge on any atom is -0.458 e. The third-order valence-electron chi connectivity index (χ3n) is 11.6. The van der Waals surface area contributed by atoms with Crippen LogP contribution in [0.2, 0.25) is 0 Å². The van der Waals surface area contributed by atoms with Crippen LogP contribution in [0.3, 0.4) is 0 Å². The molecule has 4 aliphatic heterocycles. The van der Waals surface area contributed by atoms with Crippen LogP contribution in [0.25, 0.3) is 0 Å². The number of halogens is 3. The smallest absolute Gasteiger partial charge is 0.329 e. The van der Waals surface area contributed by atoms with Gasteiger partial charge in [0.05, 0.1) is 6.42 Å². The molecule has 2 aromatic carbocycles. The Balaban J connectivity index is 1.34. The van der Waals surface area contributed by atoms with Crippen molar-refractivity contribution in [1.82, 2.24) is 30.7 Å². The van der Waals surface area contributed by atoms with Crippen LogP contribution in [0.5, 0.6) is 0 Å². The van der Waals surface area contributed by atoms with Gasteiger partial charge in [0.25, 0.3) is 0 Å². The van der Waals surface area contributed by atoms with Crippen LogP contribution in [-0.2, 0) is 51.1 Å². The molecule has 3 N–H and O–H groups in total. The number of carbonyl (C=O) groups is 7. The lowest BCUT2D eigenvalue weighted by molar-refractivity contribution is -0.163. The minimum atomic E-state index is -1.64. The first-order valence-corrected chi connectivity index (χ1v) is 20.2. The van der Waals surface area contributed by atoms with Crippen molar-refractivity contribution >= 4 is 41.4 Å². The Morgan fingerprint density at radius 1 is 0.814 bits per heavy atom. The van der Waals surface area contributed by atoms with Gasteiger partial charge in [-0.05, 0) is 100 Å². The molecule has 0 bridgehead atoms. The normalized spacial score (nSPS) is 27.3. The van der Waals surface area contributed by atoms with Gasteiger partial charge in [-0.15, -0.1) is 0 Å². The molecule has 0 saturated carbocycles. The molecule has 17 heteroatoms. The summed E-state index contributed by atoms with van der Waals surface area (Å²) in [5.41, 5.74) is 0.713. The first kappa shape index (κ1) is 43.1. The van der Waals surface area contributed by atoms with Crippen molar-refractivity contribution in [3.8, 4) is 0 Å². The zero-order valence-corrected chi connectivity index (χ0v) is 33.6. The lowest BCUT2D eigenvalue weighted by Gasteiger charge is -2.39. The number of benzene rings is 2. The van der Waals surface area contributed by atoms with Gasteiger partial charge in [-0.1, -0.05) is 19.1 Å². The van der Waals surface area contributed by atoms with E-state index in [0.717, 1.165) is 12.1 Å². The van der Waals surface area contributed by atoms with Gasteiger partial charge >= 0.3 is 5.97 Å². The van der Waals surface area contributed by atoms with Gasteiger partial charge in [0.1, 0.15) is 59.8 Å². The number of rotatable bonds is 7. The van der Waals surface area contributed by atoms with E-state index in [9.17, 15) is 46.7 Å². The summed E-state index contributed by atoms with van der Waals surface area (Å²) in [5, 5.41) is 7.96. The first-order valence-electron chi connectivity index (χ1n) is 20.2. The number of nitrogens with zero attached hydrogens (tertiary/aromatic N) is 3. The molecule has 6 amide bonds. The Morgan fingerprint density at radius 3 is 2.20 bits per heavy atom. The number of aryl methyl sites for hydroxylation is 1. The fourth-order valence-electron chi connectivity index (χ4n) is 8.64. The highest BCUT2D eigenvalue weighted by molar-refractivity contribution is 5.98. The second kappa shape index (κ2) is 18.2. The van der Waals surface area contributed by atoms with Gasteiger partial charge in [-0.25, -0.2) is 18.0 Å². The number of cyclic esters (lactones) is 1. The summed E-state index contributed by atoms with van der Waals surface area (Å²) in [6, 6.07) is -0.515. The van der Waals surface area contributed by atoms with Crippen molar-refractivity contribution in [2.45, 2.75) is 121 Å². The van der Waals surface area contributed by atoms with E-state index in [-0.39, 0.29) is 55.9 Å². The highest BCUT2D eigenvalue weighted by Gasteiger charge is 2.47. The SMILES string of the molecule is Cc1cc(CC(=O)N[C@@H](Cc2cc(F)cc(F)c2)C(=O)N[C@@H]2C(=O)N3CCC[C@H]3C(=O)N3CCCC[C@H]3C(=O)N[C@@H](C)C(=O)N3C[C@H](C)C[C@H]3C(=O)O[C@H]2C)ccc1F. The monoisotopic (exact) mass is 824 g/mol. The fourth-order valence-corrected chi connectivity index (χ4v) is 8.64. The van der Waals surface area contributed by atoms with Gasteiger partial charge in [0.2, 0.25) is 35.4 Å². The van der Waals surface area contributed by atoms with E-state index in [4.69, 9.17) is 4.74 Å². The van der Waals surface area contributed by atoms with Crippen molar-refractivity contribution in [3.63, 3.8) is 0 Å². The summed E-state index contributed by atoms with van der Waals surface area (Å²) in [6.07, 6.45) is 0.400. The maximum Gasteiger partial charge on any atom is 0.329 e. The Morgan fingerprint density at radius 2 is 1.49 bits per heavy atom. The third kappa shape index (κ3) is 9.87. The molecule has 0 unspecified atom stereocenters. The Hall–Kier alpha value is -5.48. The van der Waals surface area contributed by atoms with Gasteiger partial charge in [-0.2, -0.15) is 0 Å². The molecule has 4 heterocycles. The quantitative estimate of drug-likeness (QED) is 0.357. The summed E-state index contributed by atoms with van der Waals surface area (Å²) < 4.78 is 48.5. The van der Waals surface area contributed by atoms with Crippen LogP contribution in [0.15, 0.2) is 36.4 Å². The molecule has 4 fully saturated rings. The lowest BCUT2D eigenvalue weighted by Crippen LogP contribution is -2.63. The summed E-state index contributed by atoms with van der Waals surface area (Å²) in [5.74, 6) is -7.27. The number of nitrogens with one attached hydrogen (secondary N) is 3. The van der Waals surface area contributed by atoms with Gasteiger partial charge < -0.3 is 35.4 Å². The molecule has 2 aromatic rings. The molecule has 59 heavy (non-hydrogen) atoms. The second-order valence-electron chi connectivity index (χ2n) is 16.3. The lowest BCUT2D eigenvalue weighted by atomic mass is 9.99. The van der Waals surface area contributed by atoms with Crippen LogP contribution in [-0.4, -0.2) is 118 Å². The summed E-state index contributed by atoms with van der Waals surface area (Å²) in [7, 11) is 0. The predicted molar refractivity (Wildman–Crippen MR) is 205 cm³/mol. The van der Waals surface area contributed by atoms with E-state index in [1.54, 1.807) is 0 Å². The molecular weight excluding hydrogens is 773 g/mol. The van der Waals surface area contributed by atoms with Crippen molar-refractivity contribution < 1.29 is 51.5 Å². The molecule has 318 valence electrons. The van der Waals surface area contributed by atoms with E-state index in [0.29, 0.717) is 37.3 Å². The predicted octanol–water partition coefficient (Wildman–Crippen LogP) is 2.23. The van der Waals surface area contributed by atoms with E-state index >= 15 is 0 Å². The van der Waals surface area contributed by atoms with Crippen LogP contribution < -0.4 is 16.0 Å². The molecular formula is C42H51F3N6O8. The molecule has 4 saturated heterocycles. The molecule has 4 aliphatic rings. The van der Waals surface area contributed by atoms with Gasteiger partial charge in [0.15, 0.2) is 0 Å². The zero-order valence-electron chi connectivity index (χ0n) is 33.6. The van der Waals surface area contributed by atoms with Gasteiger partial charge in [-0.3, -0.25) is 28.8 Å². The Bertz CT molecular complexity index is 1980. The Kier molecular flexibility index (Phi) is 13.3. The molecule has 6 rings (SSSR count). The van der Waals surface area contributed by atoms with E-state index in [2.05, 4.69) is 16.0 Å². The minimum absolute atomic E-state index is 0.00374. The number of esters is 1. The number of piperidine rings is 1. The van der Waals surface area contributed by atoms with Crippen LogP contribution in [0.4, 0.5) is 13.2 Å². The summed E-state index contributed by atoms with van der Waals surface area (Å²) in [6.45, 7) is 6.82. The van der Waals surface area contributed by atoms with Crippen LogP contribution in [0, 0.1) is 30.3 Å². The summed E-state index contributed by atoms with van der Waals surface area (Å²) >= 11 is 0. The first-order chi connectivity index (χ1) is 28.0. The number of carbonyl (C=O) groups excluding carboxylic acids is 7. The van der Waals surface area contributed by atoms with E-state index in [1.165, 1.54) is 53.7 Å². The second-order valence-corrected chi connectivity index (χ2v) is 16.3. The average Bonchev–Trinajstić information content (AvgIpc) is 3.83. The molecule has 0 aliphatic carbocycles. The fraction of sp³-hybridized carbons (Fsp3) is 0.548. The Labute approximate surface area is 340 Å². The molecule has 0 spiro atoms. The van der Waals surface area contributed by atoms with Gasteiger partial charge in [0, 0.05) is 32.1 Å². The highest BCUT2D eigenvalue weighted by atomic mass is 19.1. The summed E-state index contributed by atoms with van der Waals surface area (Å²) in [4.78, 5) is 102. The molecule has 0 aromatic heterocycles. The largest absolute Gasteiger partial charge is 0.458 e. The zero-order chi connectivity index (χ0) is 42.7. The van der Waals surface area contributed by atoms with Crippen molar-refractivity contribution in [3.05, 3.63) is 70.5 Å². The van der Waals surface area contributed by atoms with Crippen LogP contribution >= 0.6 is 0 Å².